The molecule has 3 nitrogen and oxygen atoms in total. The Morgan fingerprint density at radius 3 is 2.52 bits per heavy atom. The Morgan fingerprint density at radius 1 is 1.05 bits per heavy atom. The van der Waals surface area contributed by atoms with Crippen molar-refractivity contribution in [1.29, 1.82) is 0 Å². The lowest BCUT2D eigenvalue weighted by Gasteiger charge is -2.11. The summed E-state index contributed by atoms with van der Waals surface area (Å²) in [6, 6.07) is 15.1. The Hall–Kier alpha value is -2.55. The molecule has 0 radical (unpaired) electrons. The summed E-state index contributed by atoms with van der Waals surface area (Å²) in [5, 5.41) is 0.847. The molecule has 0 saturated carbocycles. The monoisotopic (exact) mass is 279 g/mol. The lowest BCUT2D eigenvalue weighted by molar-refractivity contribution is 0.104. The fourth-order valence-corrected chi connectivity index (χ4v) is 2.43. The van der Waals surface area contributed by atoms with Gasteiger partial charge in [-0.1, -0.05) is 36.4 Å². The van der Waals surface area contributed by atoms with Crippen molar-refractivity contribution in [3.8, 4) is 5.75 Å². The van der Waals surface area contributed by atoms with Gasteiger partial charge in [0.2, 0.25) is 0 Å². The largest absolute Gasteiger partial charge is 0.490 e. The number of nitrogens with one attached hydrogen (secondary N) is 1. The Labute approximate surface area is 123 Å². The average molecular weight is 279 g/mol. The first kappa shape index (κ1) is 13.4. The maximum atomic E-state index is 12.7. The molecule has 1 N–H and O–H groups in total. The number of hydrogen-bond acceptors (Lipinski definition) is 2. The molecule has 3 heteroatoms. The Balaban J connectivity index is 2.13. The number of benzene rings is 2. The van der Waals surface area contributed by atoms with E-state index >= 15 is 0 Å². The van der Waals surface area contributed by atoms with Crippen molar-refractivity contribution >= 4 is 16.7 Å². The van der Waals surface area contributed by atoms with Crippen LogP contribution in [0.15, 0.2) is 54.7 Å². The van der Waals surface area contributed by atoms with E-state index in [-0.39, 0.29) is 11.9 Å². The van der Waals surface area contributed by atoms with Crippen LogP contribution in [0.5, 0.6) is 5.75 Å². The van der Waals surface area contributed by atoms with Gasteiger partial charge in [0.25, 0.3) is 0 Å². The minimum absolute atomic E-state index is 0.00153. The Morgan fingerprint density at radius 2 is 1.81 bits per heavy atom. The number of aromatic amines is 1. The summed E-state index contributed by atoms with van der Waals surface area (Å²) in [5.74, 6) is 0.740. The fourth-order valence-electron chi connectivity index (χ4n) is 2.43. The van der Waals surface area contributed by atoms with Crippen LogP contribution in [0.2, 0.25) is 0 Å². The molecule has 0 aliphatic rings. The zero-order valence-electron chi connectivity index (χ0n) is 12.1. The molecule has 1 heterocycles. The highest BCUT2D eigenvalue weighted by molar-refractivity contribution is 6.17. The second kappa shape index (κ2) is 5.44. The standard InChI is InChI=1S/C18H17NO2/c1-12(2)21-16-10-6-9-15-17(16)14(11-19-15)18(20)13-7-4-3-5-8-13/h3-12,19H,1-2H3. The quantitative estimate of drug-likeness (QED) is 0.728. The second-order valence-electron chi connectivity index (χ2n) is 5.24. The van der Waals surface area contributed by atoms with E-state index in [2.05, 4.69) is 4.98 Å². The van der Waals surface area contributed by atoms with E-state index in [4.69, 9.17) is 4.74 Å². The van der Waals surface area contributed by atoms with Gasteiger partial charge in [0.15, 0.2) is 5.78 Å². The molecule has 2 aromatic carbocycles. The third-order valence-corrected chi connectivity index (χ3v) is 3.31. The van der Waals surface area contributed by atoms with Gasteiger partial charge in [-0.15, -0.1) is 0 Å². The molecule has 0 amide bonds. The molecular formula is C18H17NO2. The van der Waals surface area contributed by atoms with Crippen LogP contribution < -0.4 is 4.74 Å². The van der Waals surface area contributed by atoms with E-state index in [1.165, 1.54) is 0 Å². The first-order valence-corrected chi connectivity index (χ1v) is 7.03. The van der Waals surface area contributed by atoms with Gasteiger partial charge < -0.3 is 9.72 Å². The van der Waals surface area contributed by atoms with Gasteiger partial charge in [0, 0.05) is 17.3 Å². The highest BCUT2D eigenvalue weighted by Crippen LogP contribution is 2.30. The maximum absolute atomic E-state index is 12.7. The smallest absolute Gasteiger partial charge is 0.195 e. The van der Waals surface area contributed by atoms with Gasteiger partial charge in [-0.05, 0) is 26.0 Å². The summed E-state index contributed by atoms with van der Waals surface area (Å²) in [7, 11) is 0. The lowest BCUT2D eigenvalue weighted by Crippen LogP contribution is -2.07. The Kier molecular flexibility index (Phi) is 3.48. The van der Waals surface area contributed by atoms with Crippen molar-refractivity contribution in [3.05, 3.63) is 65.9 Å². The first-order chi connectivity index (χ1) is 10.2. The summed E-state index contributed by atoms with van der Waals surface area (Å²) in [6.45, 7) is 3.95. The van der Waals surface area contributed by atoms with E-state index in [0.717, 1.165) is 16.7 Å². The highest BCUT2D eigenvalue weighted by Gasteiger charge is 2.17. The van der Waals surface area contributed by atoms with Crippen molar-refractivity contribution < 1.29 is 9.53 Å². The highest BCUT2D eigenvalue weighted by atomic mass is 16.5. The molecule has 0 unspecified atom stereocenters. The van der Waals surface area contributed by atoms with Crippen LogP contribution in [0.25, 0.3) is 10.9 Å². The number of hydrogen-bond donors (Lipinski definition) is 1. The predicted octanol–water partition coefficient (Wildman–Crippen LogP) is 4.19. The predicted molar refractivity (Wildman–Crippen MR) is 83.9 cm³/mol. The average Bonchev–Trinajstić information content (AvgIpc) is 2.92. The van der Waals surface area contributed by atoms with Gasteiger partial charge in [0.1, 0.15) is 5.75 Å². The molecule has 3 rings (SSSR count). The normalized spacial score (nSPS) is 11.0. The van der Waals surface area contributed by atoms with Crippen LogP contribution in [-0.4, -0.2) is 16.9 Å². The summed E-state index contributed by atoms with van der Waals surface area (Å²) >= 11 is 0. The SMILES string of the molecule is CC(C)Oc1cccc2[nH]cc(C(=O)c3ccccc3)c12. The number of fused-ring (bicyclic) bond motifs is 1. The van der Waals surface area contributed by atoms with Crippen molar-refractivity contribution in [2.45, 2.75) is 20.0 Å². The van der Waals surface area contributed by atoms with Gasteiger partial charge >= 0.3 is 0 Å². The van der Waals surface area contributed by atoms with E-state index in [1.54, 1.807) is 6.20 Å². The van der Waals surface area contributed by atoms with Crippen LogP contribution in [-0.2, 0) is 0 Å². The summed E-state index contributed by atoms with van der Waals surface area (Å²) in [6.07, 6.45) is 1.82. The second-order valence-corrected chi connectivity index (χ2v) is 5.24. The fraction of sp³-hybridized carbons (Fsp3) is 0.167. The number of carbonyl (C=O) groups excluding carboxylic acids is 1. The molecule has 0 spiro atoms. The molecule has 21 heavy (non-hydrogen) atoms. The number of rotatable bonds is 4. The maximum Gasteiger partial charge on any atom is 0.195 e. The first-order valence-electron chi connectivity index (χ1n) is 7.03. The van der Waals surface area contributed by atoms with Crippen molar-refractivity contribution in [3.63, 3.8) is 0 Å². The van der Waals surface area contributed by atoms with E-state index in [0.29, 0.717) is 11.1 Å². The molecule has 0 aliphatic heterocycles. The molecule has 0 fully saturated rings. The van der Waals surface area contributed by atoms with E-state index in [9.17, 15) is 4.79 Å². The van der Waals surface area contributed by atoms with Crippen LogP contribution in [0.1, 0.15) is 29.8 Å². The molecule has 106 valence electrons. The minimum atomic E-state index is 0.00153. The number of ether oxygens (including phenoxy) is 1. The van der Waals surface area contributed by atoms with Gasteiger partial charge in [-0.25, -0.2) is 0 Å². The van der Waals surface area contributed by atoms with Crippen LogP contribution in [0, 0.1) is 0 Å². The molecular weight excluding hydrogens is 262 g/mol. The summed E-state index contributed by atoms with van der Waals surface area (Å²) in [4.78, 5) is 15.8. The third kappa shape index (κ3) is 2.55. The van der Waals surface area contributed by atoms with Crippen LogP contribution in [0.3, 0.4) is 0 Å². The molecule has 1 aromatic heterocycles. The van der Waals surface area contributed by atoms with Crippen molar-refractivity contribution in [1.82, 2.24) is 4.98 Å². The molecule has 3 aromatic rings. The number of carbonyl (C=O) groups is 1. The van der Waals surface area contributed by atoms with E-state index < -0.39 is 0 Å². The minimum Gasteiger partial charge on any atom is -0.490 e. The number of ketones is 1. The lowest BCUT2D eigenvalue weighted by atomic mass is 10.0. The van der Waals surface area contributed by atoms with Crippen LogP contribution >= 0.6 is 0 Å². The van der Waals surface area contributed by atoms with Gasteiger partial charge in [-0.3, -0.25) is 4.79 Å². The Bertz CT molecular complexity index is 772. The summed E-state index contributed by atoms with van der Waals surface area (Å²) in [5.41, 5.74) is 2.23. The van der Waals surface area contributed by atoms with Gasteiger partial charge in [0.05, 0.1) is 17.1 Å². The van der Waals surface area contributed by atoms with Crippen molar-refractivity contribution in [2.75, 3.05) is 0 Å². The number of aromatic nitrogens is 1. The number of H-pyrrole nitrogens is 1. The topological polar surface area (TPSA) is 42.1 Å². The molecule has 0 atom stereocenters. The molecule has 0 saturated heterocycles. The zero-order valence-corrected chi connectivity index (χ0v) is 12.1. The van der Waals surface area contributed by atoms with Gasteiger partial charge in [-0.2, -0.15) is 0 Å². The van der Waals surface area contributed by atoms with E-state index in [1.807, 2.05) is 62.4 Å². The third-order valence-electron chi connectivity index (χ3n) is 3.31. The molecule has 0 bridgehead atoms. The molecule has 0 aliphatic carbocycles. The van der Waals surface area contributed by atoms with Crippen molar-refractivity contribution in [2.24, 2.45) is 0 Å². The zero-order chi connectivity index (χ0) is 14.8. The summed E-state index contributed by atoms with van der Waals surface area (Å²) < 4.78 is 5.84. The van der Waals surface area contributed by atoms with Crippen LogP contribution in [0.4, 0.5) is 0 Å².